The Morgan fingerprint density at radius 1 is 1.46 bits per heavy atom. The van der Waals surface area contributed by atoms with Gasteiger partial charge in [0, 0.05) is 17.8 Å². The van der Waals surface area contributed by atoms with Crippen molar-refractivity contribution in [2.75, 3.05) is 13.1 Å². The molecule has 0 aromatic carbocycles. The van der Waals surface area contributed by atoms with Crippen LogP contribution in [0.25, 0.3) is 0 Å². The van der Waals surface area contributed by atoms with E-state index < -0.39 is 0 Å². The van der Waals surface area contributed by atoms with E-state index in [1.54, 1.807) is 0 Å². The van der Waals surface area contributed by atoms with Crippen LogP contribution in [0.4, 0.5) is 0 Å². The highest BCUT2D eigenvalue weighted by Gasteiger charge is 2.21. The van der Waals surface area contributed by atoms with Crippen LogP contribution in [0, 0.1) is 5.92 Å². The molecule has 2 N–H and O–H groups in total. The van der Waals surface area contributed by atoms with Crippen molar-refractivity contribution in [1.82, 2.24) is 15.5 Å². The summed E-state index contributed by atoms with van der Waals surface area (Å²) in [6.45, 7) is 4.63. The van der Waals surface area contributed by atoms with Crippen molar-refractivity contribution in [3.8, 4) is 0 Å². The monoisotopic (exact) mass is 179 g/mol. The van der Waals surface area contributed by atoms with Gasteiger partial charge in [-0.1, -0.05) is 6.92 Å². The second-order valence-corrected chi connectivity index (χ2v) is 3.89. The van der Waals surface area contributed by atoms with Crippen molar-refractivity contribution >= 4 is 0 Å². The first-order valence-corrected chi connectivity index (χ1v) is 5.08. The van der Waals surface area contributed by atoms with Crippen LogP contribution in [0.5, 0.6) is 0 Å². The minimum absolute atomic E-state index is 0.629. The van der Waals surface area contributed by atoms with Gasteiger partial charge in [-0.3, -0.25) is 5.10 Å². The summed E-state index contributed by atoms with van der Waals surface area (Å²) in [6, 6.07) is 2.09. The molecule has 1 atom stereocenters. The molecule has 1 aromatic heterocycles. The van der Waals surface area contributed by atoms with Crippen LogP contribution in [0.1, 0.15) is 31.4 Å². The molecule has 3 nitrogen and oxygen atoms in total. The third kappa shape index (κ3) is 1.91. The molecule has 0 amide bonds. The van der Waals surface area contributed by atoms with Crippen molar-refractivity contribution in [2.45, 2.75) is 25.7 Å². The van der Waals surface area contributed by atoms with Gasteiger partial charge in [0.25, 0.3) is 0 Å². The quantitative estimate of drug-likeness (QED) is 0.722. The molecule has 1 aliphatic rings. The molecule has 1 saturated heterocycles. The topological polar surface area (TPSA) is 40.7 Å². The maximum atomic E-state index is 4.00. The average Bonchev–Trinajstić information content (AvgIpc) is 2.71. The van der Waals surface area contributed by atoms with E-state index in [-0.39, 0.29) is 0 Å². The molecule has 72 valence electrons. The normalized spacial score (nSPS) is 21.6. The fraction of sp³-hybridized carbons (Fsp3) is 0.700. The highest BCUT2D eigenvalue weighted by Crippen LogP contribution is 2.28. The van der Waals surface area contributed by atoms with E-state index in [0.717, 1.165) is 5.92 Å². The van der Waals surface area contributed by atoms with E-state index in [0.29, 0.717) is 5.92 Å². The van der Waals surface area contributed by atoms with Gasteiger partial charge in [-0.2, -0.15) is 5.10 Å². The van der Waals surface area contributed by atoms with E-state index >= 15 is 0 Å². The van der Waals surface area contributed by atoms with Crippen LogP contribution in [0.3, 0.4) is 0 Å². The first-order valence-electron chi connectivity index (χ1n) is 5.08. The van der Waals surface area contributed by atoms with Crippen molar-refractivity contribution in [3.05, 3.63) is 18.0 Å². The Bertz CT molecular complexity index is 237. The summed E-state index contributed by atoms with van der Waals surface area (Å²) in [5.41, 5.74) is 1.28. The Labute approximate surface area is 78.9 Å². The van der Waals surface area contributed by atoms with E-state index in [1.807, 2.05) is 6.20 Å². The van der Waals surface area contributed by atoms with Gasteiger partial charge in [-0.05, 0) is 37.9 Å². The largest absolute Gasteiger partial charge is 0.317 e. The van der Waals surface area contributed by atoms with Gasteiger partial charge in [0.15, 0.2) is 0 Å². The van der Waals surface area contributed by atoms with E-state index in [9.17, 15) is 0 Å². The first kappa shape index (κ1) is 8.75. The summed E-state index contributed by atoms with van der Waals surface area (Å²) >= 11 is 0. The van der Waals surface area contributed by atoms with Crippen molar-refractivity contribution in [3.63, 3.8) is 0 Å². The second kappa shape index (κ2) is 3.92. The van der Waals surface area contributed by atoms with E-state index in [4.69, 9.17) is 0 Å². The summed E-state index contributed by atoms with van der Waals surface area (Å²) in [7, 11) is 0. The molecule has 1 aliphatic heterocycles. The van der Waals surface area contributed by atoms with Crippen LogP contribution < -0.4 is 5.32 Å². The number of aromatic amines is 1. The summed E-state index contributed by atoms with van der Waals surface area (Å²) in [5, 5.41) is 10.5. The Kier molecular flexibility index (Phi) is 2.64. The predicted octanol–water partition coefficient (Wildman–Crippen LogP) is 1.51. The minimum atomic E-state index is 0.629. The highest BCUT2D eigenvalue weighted by atomic mass is 15.1. The molecule has 1 fully saturated rings. The fourth-order valence-corrected chi connectivity index (χ4v) is 2.12. The average molecular weight is 179 g/mol. The van der Waals surface area contributed by atoms with Crippen molar-refractivity contribution in [2.24, 2.45) is 5.92 Å². The smallest absolute Gasteiger partial charge is 0.0490 e. The van der Waals surface area contributed by atoms with Crippen LogP contribution in [0.15, 0.2) is 12.3 Å². The SMILES string of the molecule is CC(c1ccn[nH]1)C1CCNCC1. The summed E-state index contributed by atoms with van der Waals surface area (Å²) in [6.07, 6.45) is 4.42. The van der Waals surface area contributed by atoms with Crippen LogP contribution in [-0.4, -0.2) is 23.3 Å². The highest BCUT2D eigenvalue weighted by molar-refractivity contribution is 5.06. The molecule has 0 aliphatic carbocycles. The summed E-state index contributed by atoms with van der Waals surface area (Å²) in [4.78, 5) is 0. The number of hydrogen-bond acceptors (Lipinski definition) is 2. The number of rotatable bonds is 2. The Balaban J connectivity index is 1.99. The summed E-state index contributed by atoms with van der Waals surface area (Å²) in [5.74, 6) is 1.45. The van der Waals surface area contributed by atoms with E-state index in [1.165, 1.54) is 31.6 Å². The lowest BCUT2D eigenvalue weighted by Gasteiger charge is -2.27. The molecule has 2 rings (SSSR count). The first-order chi connectivity index (χ1) is 6.38. The third-order valence-corrected chi connectivity index (χ3v) is 3.10. The Morgan fingerprint density at radius 3 is 2.85 bits per heavy atom. The Hall–Kier alpha value is -0.830. The molecule has 2 heterocycles. The lowest BCUT2D eigenvalue weighted by Crippen LogP contribution is -2.30. The van der Waals surface area contributed by atoms with Gasteiger partial charge in [-0.25, -0.2) is 0 Å². The van der Waals surface area contributed by atoms with Crippen molar-refractivity contribution in [1.29, 1.82) is 0 Å². The van der Waals surface area contributed by atoms with Crippen LogP contribution >= 0.6 is 0 Å². The fourth-order valence-electron chi connectivity index (χ4n) is 2.12. The van der Waals surface area contributed by atoms with Gasteiger partial charge in [0.2, 0.25) is 0 Å². The molecular weight excluding hydrogens is 162 g/mol. The molecule has 3 heteroatoms. The van der Waals surface area contributed by atoms with Gasteiger partial charge in [0.1, 0.15) is 0 Å². The lowest BCUT2D eigenvalue weighted by atomic mass is 9.84. The van der Waals surface area contributed by atoms with Crippen molar-refractivity contribution < 1.29 is 0 Å². The van der Waals surface area contributed by atoms with Gasteiger partial charge < -0.3 is 5.32 Å². The zero-order chi connectivity index (χ0) is 9.10. The molecule has 1 aromatic rings. The number of H-pyrrole nitrogens is 1. The molecule has 0 radical (unpaired) electrons. The van der Waals surface area contributed by atoms with Gasteiger partial charge >= 0.3 is 0 Å². The molecule has 1 unspecified atom stereocenters. The van der Waals surface area contributed by atoms with Gasteiger partial charge in [0.05, 0.1) is 0 Å². The molecule has 0 saturated carbocycles. The zero-order valence-corrected chi connectivity index (χ0v) is 8.09. The molecule has 0 bridgehead atoms. The second-order valence-electron chi connectivity index (χ2n) is 3.89. The molecule has 0 spiro atoms. The Morgan fingerprint density at radius 2 is 2.23 bits per heavy atom. The minimum Gasteiger partial charge on any atom is -0.317 e. The predicted molar refractivity (Wildman–Crippen MR) is 52.6 cm³/mol. The molecular formula is C10H17N3. The lowest BCUT2D eigenvalue weighted by molar-refractivity contribution is 0.326. The molecule has 13 heavy (non-hydrogen) atoms. The standard InChI is InChI=1S/C10H17N3/c1-8(10-4-7-12-13-10)9-2-5-11-6-3-9/h4,7-9,11H,2-3,5-6H2,1H3,(H,12,13). The number of nitrogens with zero attached hydrogens (tertiary/aromatic N) is 1. The number of aromatic nitrogens is 2. The van der Waals surface area contributed by atoms with E-state index in [2.05, 4.69) is 28.5 Å². The van der Waals surface area contributed by atoms with Crippen LogP contribution in [-0.2, 0) is 0 Å². The number of nitrogens with one attached hydrogen (secondary N) is 2. The zero-order valence-electron chi connectivity index (χ0n) is 8.09. The van der Waals surface area contributed by atoms with Gasteiger partial charge in [-0.15, -0.1) is 0 Å². The van der Waals surface area contributed by atoms with Crippen LogP contribution in [0.2, 0.25) is 0 Å². The third-order valence-electron chi connectivity index (χ3n) is 3.10. The number of hydrogen-bond donors (Lipinski definition) is 2. The maximum Gasteiger partial charge on any atom is 0.0490 e. The summed E-state index contributed by atoms with van der Waals surface area (Å²) < 4.78 is 0. The number of piperidine rings is 1. The maximum absolute atomic E-state index is 4.00.